The number of benzene rings is 1. The number of carbonyl (C=O) groups is 2. The van der Waals surface area contributed by atoms with E-state index in [9.17, 15) is 9.59 Å². The third-order valence-corrected chi connectivity index (χ3v) is 5.78. The van der Waals surface area contributed by atoms with Crippen molar-refractivity contribution in [2.45, 2.75) is 25.7 Å². The van der Waals surface area contributed by atoms with Crippen LogP contribution in [0.2, 0.25) is 0 Å². The molecule has 2 aromatic rings. The first-order valence-electron chi connectivity index (χ1n) is 8.73. The van der Waals surface area contributed by atoms with Crippen molar-refractivity contribution >= 4 is 33.4 Å². The topological polar surface area (TPSA) is 75.2 Å². The molecular weight excluding hydrogens is 396 g/mol. The summed E-state index contributed by atoms with van der Waals surface area (Å²) >= 11 is 3.36. The number of carbonyl (C=O) groups excluding carboxylic acids is 2. The van der Waals surface area contributed by atoms with Gasteiger partial charge in [-0.05, 0) is 53.2 Å². The van der Waals surface area contributed by atoms with Gasteiger partial charge < -0.3 is 10.2 Å². The first-order chi connectivity index (χ1) is 12.5. The van der Waals surface area contributed by atoms with Gasteiger partial charge in [-0.3, -0.25) is 9.59 Å². The lowest BCUT2D eigenvalue weighted by atomic mass is 9.80. The van der Waals surface area contributed by atoms with E-state index < -0.39 is 0 Å². The number of nitrogens with zero attached hydrogens (tertiary/aromatic N) is 3. The van der Waals surface area contributed by atoms with Crippen molar-refractivity contribution in [3.05, 3.63) is 52.0 Å². The van der Waals surface area contributed by atoms with Crippen LogP contribution >= 0.6 is 15.9 Å². The van der Waals surface area contributed by atoms with E-state index in [1.165, 1.54) is 0 Å². The van der Waals surface area contributed by atoms with Crippen LogP contribution in [0.4, 0.5) is 5.69 Å². The first-order valence-corrected chi connectivity index (χ1v) is 9.52. The van der Waals surface area contributed by atoms with Crippen molar-refractivity contribution < 1.29 is 9.59 Å². The Morgan fingerprint density at radius 1 is 1.27 bits per heavy atom. The minimum atomic E-state index is -0.114. The molecule has 134 valence electrons. The van der Waals surface area contributed by atoms with Crippen LogP contribution in [0.3, 0.4) is 0 Å². The number of rotatable bonds is 2. The molecule has 1 atom stereocenters. The number of piperidine rings is 1. The summed E-state index contributed by atoms with van der Waals surface area (Å²) < 4.78 is 0.610. The highest BCUT2D eigenvalue weighted by molar-refractivity contribution is 9.10. The van der Waals surface area contributed by atoms with E-state index in [-0.39, 0.29) is 23.7 Å². The van der Waals surface area contributed by atoms with Crippen LogP contribution < -0.4 is 5.32 Å². The highest BCUT2D eigenvalue weighted by Gasteiger charge is 2.38. The fraction of sp³-hybridized carbons (Fsp3) is 0.368. The predicted octanol–water partition coefficient (Wildman–Crippen LogP) is 3.14. The number of anilines is 1. The number of fused-ring (bicyclic) bond motifs is 1. The average molecular weight is 415 g/mol. The number of amides is 2. The molecular formula is C19H19BrN4O2. The fourth-order valence-corrected chi connectivity index (χ4v) is 4.25. The number of aromatic nitrogens is 2. The van der Waals surface area contributed by atoms with E-state index >= 15 is 0 Å². The van der Waals surface area contributed by atoms with Crippen LogP contribution in [0.25, 0.3) is 0 Å². The molecule has 7 heteroatoms. The zero-order chi connectivity index (χ0) is 18.3. The molecule has 0 radical (unpaired) electrons. The van der Waals surface area contributed by atoms with Gasteiger partial charge in [0.05, 0.1) is 10.4 Å². The van der Waals surface area contributed by atoms with Crippen molar-refractivity contribution in [3.63, 3.8) is 0 Å². The smallest absolute Gasteiger partial charge is 0.273 e. The Morgan fingerprint density at radius 3 is 2.77 bits per heavy atom. The minimum Gasteiger partial charge on any atom is -0.337 e. The molecule has 3 heterocycles. The summed E-state index contributed by atoms with van der Waals surface area (Å²) in [6.07, 6.45) is 3.22. The van der Waals surface area contributed by atoms with Crippen molar-refractivity contribution in [1.29, 1.82) is 0 Å². The molecule has 0 aliphatic carbocycles. The molecule has 6 nitrogen and oxygen atoms in total. The Hall–Kier alpha value is -2.28. The Kier molecular flexibility index (Phi) is 4.48. The molecule has 2 aliphatic rings. The van der Waals surface area contributed by atoms with Gasteiger partial charge >= 0.3 is 0 Å². The van der Waals surface area contributed by atoms with Crippen LogP contribution in [0.1, 0.15) is 40.6 Å². The zero-order valence-corrected chi connectivity index (χ0v) is 16.0. The quantitative estimate of drug-likeness (QED) is 0.818. The summed E-state index contributed by atoms with van der Waals surface area (Å²) in [5, 5.41) is 2.98. The average Bonchev–Trinajstić information content (AvgIpc) is 2.99. The van der Waals surface area contributed by atoms with Crippen LogP contribution in [-0.4, -0.2) is 39.8 Å². The van der Waals surface area contributed by atoms with Gasteiger partial charge in [-0.15, -0.1) is 0 Å². The molecule has 1 unspecified atom stereocenters. The fourth-order valence-electron chi connectivity index (χ4n) is 3.89. The SMILES string of the molecule is Cc1ncc(Br)c(C(=O)N2CCC(C3C(=O)Nc4ccccc43)CC2)n1. The molecule has 1 fully saturated rings. The highest BCUT2D eigenvalue weighted by Crippen LogP contribution is 2.41. The van der Waals surface area contributed by atoms with E-state index in [0.29, 0.717) is 29.1 Å². The normalized spacial score (nSPS) is 20.0. The Morgan fingerprint density at radius 2 is 2.00 bits per heavy atom. The van der Waals surface area contributed by atoms with Crippen LogP contribution in [0, 0.1) is 12.8 Å². The number of hydrogen-bond acceptors (Lipinski definition) is 4. The molecule has 1 aromatic carbocycles. The van der Waals surface area contributed by atoms with Crippen LogP contribution in [-0.2, 0) is 4.79 Å². The van der Waals surface area contributed by atoms with E-state index in [1.54, 1.807) is 13.1 Å². The Bertz CT molecular complexity index is 878. The van der Waals surface area contributed by atoms with E-state index in [0.717, 1.165) is 24.1 Å². The Labute approximate surface area is 160 Å². The maximum Gasteiger partial charge on any atom is 0.273 e. The second-order valence-corrected chi connectivity index (χ2v) is 7.65. The maximum absolute atomic E-state index is 12.8. The number of para-hydroxylation sites is 1. The van der Waals surface area contributed by atoms with Gasteiger partial charge in [0.25, 0.3) is 5.91 Å². The van der Waals surface area contributed by atoms with E-state index in [1.807, 2.05) is 29.2 Å². The molecule has 1 saturated heterocycles. The van der Waals surface area contributed by atoms with Gasteiger partial charge in [0.2, 0.25) is 5.91 Å². The van der Waals surface area contributed by atoms with E-state index in [2.05, 4.69) is 31.2 Å². The lowest BCUT2D eigenvalue weighted by molar-refractivity contribution is -0.118. The van der Waals surface area contributed by atoms with Crippen LogP contribution in [0.15, 0.2) is 34.9 Å². The summed E-state index contributed by atoms with van der Waals surface area (Å²) in [6.45, 7) is 3.03. The van der Waals surface area contributed by atoms with Crippen LogP contribution in [0.5, 0.6) is 0 Å². The predicted molar refractivity (Wildman–Crippen MR) is 101 cm³/mol. The van der Waals surface area contributed by atoms with Gasteiger partial charge in [0, 0.05) is 25.0 Å². The second-order valence-electron chi connectivity index (χ2n) is 6.80. The third-order valence-electron chi connectivity index (χ3n) is 5.20. The summed E-state index contributed by atoms with van der Waals surface area (Å²) in [6, 6.07) is 7.88. The third kappa shape index (κ3) is 3.00. The summed E-state index contributed by atoms with van der Waals surface area (Å²) in [5.41, 5.74) is 2.40. The van der Waals surface area contributed by atoms with E-state index in [4.69, 9.17) is 0 Å². The molecule has 4 rings (SSSR count). The number of hydrogen-bond donors (Lipinski definition) is 1. The largest absolute Gasteiger partial charge is 0.337 e. The van der Waals surface area contributed by atoms with Gasteiger partial charge in [-0.25, -0.2) is 9.97 Å². The summed E-state index contributed by atoms with van der Waals surface area (Å²) in [7, 11) is 0. The van der Waals surface area contributed by atoms with Gasteiger partial charge in [0.15, 0.2) is 0 Å². The first kappa shape index (κ1) is 17.1. The second kappa shape index (κ2) is 6.79. The van der Waals surface area contributed by atoms with Gasteiger partial charge in [-0.2, -0.15) is 0 Å². The van der Waals surface area contributed by atoms with Crippen molar-refractivity contribution in [3.8, 4) is 0 Å². The molecule has 1 aromatic heterocycles. The molecule has 2 aliphatic heterocycles. The molecule has 0 bridgehead atoms. The number of nitrogens with one attached hydrogen (secondary N) is 1. The molecule has 0 spiro atoms. The number of likely N-dealkylation sites (tertiary alicyclic amines) is 1. The summed E-state index contributed by atoms with van der Waals surface area (Å²) in [5.74, 6) is 0.697. The molecule has 26 heavy (non-hydrogen) atoms. The van der Waals surface area contributed by atoms with Crippen molar-refractivity contribution in [2.75, 3.05) is 18.4 Å². The lowest BCUT2D eigenvalue weighted by Gasteiger charge is -2.34. The number of aryl methyl sites for hydroxylation is 1. The minimum absolute atomic E-state index is 0.0742. The molecule has 0 saturated carbocycles. The number of halogens is 1. The maximum atomic E-state index is 12.8. The van der Waals surface area contributed by atoms with Crippen molar-refractivity contribution in [2.24, 2.45) is 5.92 Å². The summed E-state index contributed by atoms with van der Waals surface area (Å²) in [4.78, 5) is 35.4. The van der Waals surface area contributed by atoms with Gasteiger partial charge in [-0.1, -0.05) is 18.2 Å². The lowest BCUT2D eigenvalue weighted by Crippen LogP contribution is -2.41. The zero-order valence-electron chi connectivity index (χ0n) is 14.4. The van der Waals surface area contributed by atoms with Crippen molar-refractivity contribution in [1.82, 2.24) is 14.9 Å². The van der Waals surface area contributed by atoms with Gasteiger partial charge in [0.1, 0.15) is 11.5 Å². The molecule has 2 amide bonds. The monoisotopic (exact) mass is 414 g/mol. The highest BCUT2D eigenvalue weighted by atomic mass is 79.9. The Balaban J connectivity index is 1.47. The molecule has 1 N–H and O–H groups in total. The standard InChI is InChI=1S/C19H19BrN4O2/c1-11-21-10-14(20)17(22-11)19(26)24-8-6-12(7-9-24)16-13-4-2-3-5-15(13)23-18(16)25/h2-5,10,12,16H,6-9H2,1H3,(H,23,25).